The Morgan fingerprint density at radius 3 is 2.21 bits per heavy atom. The number of rotatable bonds is 9. The molecule has 1 heterocycles. The molecule has 11 heteroatoms. The Hall–Kier alpha value is -4.50. The van der Waals surface area contributed by atoms with Gasteiger partial charge in [-0.05, 0) is 66.2 Å². The zero-order valence-electron chi connectivity index (χ0n) is 22.6. The third kappa shape index (κ3) is 6.94. The van der Waals surface area contributed by atoms with E-state index in [2.05, 4.69) is 5.32 Å². The van der Waals surface area contributed by atoms with Crippen molar-refractivity contribution < 1.29 is 28.6 Å². The molecule has 0 spiro atoms. The van der Waals surface area contributed by atoms with Crippen molar-refractivity contribution in [3.63, 3.8) is 0 Å². The van der Waals surface area contributed by atoms with E-state index in [1.54, 1.807) is 54.6 Å². The van der Waals surface area contributed by atoms with E-state index in [1.807, 2.05) is 18.2 Å². The first-order chi connectivity index (χ1) is 20.7. The highest BCUT2D eigenvalue weighted by Crippen LogP contribution is 2.32. The Labute approximate surface area is 262 Å². The van der Waals surface area contributed by atoms with Gasteiger partial charge in [-0.15, -0.1) is 0 Å². The zero-order valence-corrected chi connectivity index (χ0v) is 24.9. The van der Waals surface area contributed by atoms with Crippen molar-refractivity contribution in [2.24, 2.45) is 0 Å². The second-order valence-electron chi connectivity index (χ2n) is 9.27. The van der Waals surface area contributed by atoms with Crippen LogP contribution in [0.5, 0.6) is 17.2 Å². The van der Waals surface area contributed by atoms with Crippen LogP contribution in [-0.2, 0) is 22.8 Å². The second kappa shape index (κ2) is 13.2. The first-order valence-corrected chi connectivity index (χ1v) is 14.0. The Bertz CT molecular complexity index is 1740. The van der Waals surface area contributed by atoms with Crippen LogP contribution >= 0.6 is 34.8 Å². The van der Waals surface area contributed by atoms with Crippen molar-refractivity contribution in [2.45, 2.75) is 13.2 Å². The number of hydrogen-bond donors (Lipinski definition) is 1. The van der Waals surface area contributed by atoms with Crippen LogP contribution in [0.2, 0.25) is 15.1 Å². The predicted molar refractivity (Wildman–Crippen MR) is 165 cm³/mol. The summed E-state index contributed by atoms with van der Waals surface area (Å²) in [6.45, 7) is 0.403. The molecule has 43 heavy (non-hydrogen) atoms. The number of imide groups is 2. The quantitative estimate of drug-likeness (QED) is 0.151. The molecule has 1 aliphatic heterocycles. The SMILES string of the molecule is COc1cc(/C=C2\C(=O)NC(=O)N(c3ccc(OCc4ccc(Cl)cc4Cl)cc3)C2=O)ccc1OCc1ccccc1Cl. The number of carbonyl (C=O) groups excluding carboxylic acids is 3. The van der Waals surface area contributed by atoms with Crippen LogP contribution in [-0.4, -0.2) is 25.0 Å². The van der Waals surface area contributed by atoms with Crippen molar-refractivity contribution in [1.29, 1.82) is 0 Å². The van der Waals surface area contributed by atoms with Gasteiger partial charge in [0.2, 0.25) is 0 Å². The van der Waals surface area contributed by atoms with E-state index < -0.39 is 17.8 Å². The van der Waals surface area contributed by atoms with Crippen LogP contribution < -0.4 is 24.4 Å². The standard InChI is InChI=1S/C32H23Cl3N2O6/c1-41-29-15-19(6-13-28(29)43-18-20-4-2-3-5-26(20)34)14-25-30(38)36-32(40)37(31(25)39)23-9-11-24(12-10-23)42-17-21-7-8-22(33)16-27(21)35/h2-16H,17-18H2,1H3,(H,36,38,40)/b25-14+. The molecule has 1 N–H and O–H groups in total. The minimum Gasteiger partial charge on any atom is -0.493 e. The lowest BCUT2D eigenvalue weighted by molar-refractivity contribution is -0.122. The molecule has 218 valence electrons. The lowest BCUT2D eigenvalue weighted by Gasteiger charge is -2.26. The van der Waals surface area contributed by atoms with E-state index in [-0.39, 0.29) is 24.5 Å². The summed E-state index contributed by atoms with van der Waals surface area (Å²) >= 11 is 18.4. The van der Waals surface area contributed by atoms with Gasteiger partial charge in [-0.1, -0.05) is 65.1 Å². The maximum absolute atomic E-state index is 13.4. The molecule has 4 amide bonds. The number of halogens is 3. The Kier molecular flexibility index (Phi) is 9.21. The molecule has 1 aliphatic rings. The molecule has 0 atom stereocenters. The maximum Gasteiger partial charge on any atom is 0.335 e. The lowest BCUT2D eigenvalue weighted by atomic mass is 10.1. The van der Waals surface area contributed by atoms with Gasteiger partial charge in [0, 0.05) is 26.2 Å². The van der Waals surface area contributed by atoms with Crippen LogP contribution in [0, 0.1) is 0 Å². The monoisotopic (exact) mass is 636 g/mol. The summed E-state index contributed by atoms with van der Waals surface area (Å²) < 4.78 is 17.1. The van der Waals surface area contributed by atoms with Gasteiger partial charge in [0.15, 0.2) is 11.5 Å². The number of hydrogen-bond acceptors (Lipinski definition) is 6. The third-order valence-electron chi connectivity index (χ3n) is 6.45. The van der Waals surface area contributed by atoms with Crippen molar-refractivity contribution in [3.8, 4) is 17.2 Å². The molecule has 0 aromatic heterocycles. The number of nitrogens with zero attached hydrogens (tertiary/aromatic N) is 1. The van der Waals surface area contributed by atoms with E-state index in [4.69, 9.17) is 49.0 Å². The van der Waals surface area contributed by atoms with Crippen LogP contribution in [0.4, 0.5) is 10.5 Å². The molecule has 1 fully saturated rings. The number of benzene rings is 4. The van der Waals surface area contributed by atoms with Gasteiger partial charge in [-0.25, -0.2) is 9.69 Å². The third-order valence-corrected chi connectivity index (χ3v) is 7.40. The molecule has 4 aromatic rings. The molecule has 0 aliphatic carbocycles. The van der Waals surface area contributed by atoms with E-state index in [9.17, 15) is 14.4 Å². The van der Waals surface area contributed by atoms with Crippen LogP contribution in [0.1, 0.15) is 16.7 Å². The van der Waals surface area contributed by atoms with Crippen LogP contribution in [0.25, 0.3) is 6.08 Å². The fourth-order valence-corrected chi connectivity index (χ4v) is 4.87. The lowest BCUT2D eigenvalue weighted by Crippen LogP contribution is -2.54. The zero-order chi connectivity index (χ0) is 30.5. The summed E-state index contributed by atoms with van der Waals surface area (Å²) in [5.74, 6) is -0.289. The first-order valence-electron chi connectivity index (χ1n) is 12.9. The van der Waals surface area contributed by atoms with Gasteiger partial charge in [-0.2, -0.15) is 0 Å². The number of ether oxygens (including phenoxy) is 3. The minimum absolute atomic E-state index is 0.188. The molecule has 0 radical (unpaired) electrons. The number of methoxy groups -OCH3 is 1. The average Bonchev–Trinajstić information content (AvgIpc) is 2.99. The molecule has 1 saturated heterocycles. The summed E-state index contributed by atoms with van der Waals surface area (Å²) in [4.78, 5) is 39.6. The van der Waals surface area contributed by atoms with Crippen LogP contribution in [0.15, 0.2) is 90.5 Å². The highest BCUT2D eigenvalue weighted by molar-refractivity contribution is 6.39. The second-order valence-corrected chi connectivity index (χ2v) is 10.5. The van der Waals surface area contributed by atoms with Gasteiger partial charge in [0.1, 0.15) is 24.5 Å². The van der Waals surface area contributed by atoms with Gasteiger partial charge in [-0.3, -0.25) is 14.9 Å². The average molecular weight is 638 g/mol. The summed E-state index contributed by atoms with van der Waals surface area (Å²) in [5, 5.41) is 3.79. The summed E-state index contributed by atoms with van der Waals surface area (Å²) in [7, 11) is 1.48. The highest BCUT2D eigenvalue weighted by Gasteiger charge is 2.36. The molecular formula is C32H23Cl3N2O6. The number of carbonyl (C=O) groups is 3. The summed E-state index contributed by atoms with van der Waals surface area (Å²) in [6.07, 6.45) is 1.38. The highest BCUT2D eigenvalue weighted by atomic mass is 35.5. The molecular weight excluding hydrogens is 615 g/mol. The van der Waals surface area contributed by atoms with E-state index >= 15 is 0 Å². The van der Waals surface area contributed by atoms with Gasteiger partial charge in [0.05, 0.1) is 12.8 Å². The normalized spacial score (nSPS) is 14.1. The first kappa shape index (κ1) is 30.0. The number of nitrogens with one attached hydrogen (secondary N) is 1. The predicted octanol–water partition coefficient (Wildman–Crippen LogP) is 7.48. The van der Waals surface area contributed by atoms with E-state index in [0.717, 1.165) is 16.0 Å². The van der Waals surface area contributed by atoms with Crippen molar-refractivity contribution >= 4 is 64.4 Å². The van der Waals surface area contributed by atoms with Crippen LogP contribution in [0.3, 0.4) is 0 Å². The Balaban J connectivity index is 1.31. The summed E-state index contributed by atoms with van der Waals surface area (Å²) in [6, 6.07) is 22.8. The van der Waals surface area contributed by atoms with Gasteiger partial charge < -0.3 is 14.2 Å². The Morgan fingerprint density at radius 2 is 1.49 bits per heavy atom. The van der Waals surface area contributed by atoms with E-state index in [1.165, 1.54) is 25.3 Å². The minimum atomic E-state index is -0.866. The molecule has 0 unspecified atom stereocenters. The fourth-order valence-electron chi connectivity index (χ4n) is 4.21. The fraction of sp³-hybridized carbons (Fsp3) is 0.0938. The summed E-state index contributed by atoms with van der Waals surface area (Å²) in [5.41, 5.74) is 2.05. The van der Waals surface area contributed by atoms with E-state index in [0.29, 0.717) is 37.9 Å². The Morgan fingerprint density at radius 1 is 0.767 bits per heavy atom. The maximum atomic E-state index is 13.4. The van der Waals surface area contributed by atoms with Crippen molar-refractivity contribution in [1.82, 2.24) is 5.32 Å². The number of amides is 4. The molecule has 5 rings (SSSR count). The van der Waals surface area contributed by atoms with Gasteiger partial charge >= 0.3 is 6.03 Å². The molecule has 0 saturated carbocycles. The molecule has 0 bridgehead atoms. The van der Waals surface area contributed by atoms with Crippen molar-refractivity contribution in [3.05, 3.63) is 122 Å². The topological polar surface area (TPSA) is 94.2 Å². The smallest absolute Gasteiger partial charge is 0.335 e. The number of barbiturate groups is 1. The molecule has 4 aromatic carbocycles. The number of urea groups is 1. The molecule has 8 nitrogen and oxygen atoms in total. The van der Waals surface area contributed by atoms with Crippen molar-refractivity contribution in [2.75, 3.05) is 12.0 Å². The largest absolute Gasteiger partial charge is 0.493 e. The van der Waals surface area contributed by atoms with Gasteiger partial charge in [0.25, 0.3) is 11.8 Å². The number of anilines is 1.